The van der Waals surface area contributed by atoms with Gasteiger partial charge in [0.1, 0.15) is 6.61 Å². The fourth-order valence-corrected chi connectivity index (χ4v) is 1.30. The first-order valence-electron chi connectivity index (χ1n) is 4.66. The molecule has 78 valence electrons. The Morgan fingerprint density at radius 2 is 2.29 bits per heavy atom. The first-order valence-corrected chi connectivity index (χ1v) is 4.66. The fraction of sp³-hybridized carbons (Fsp3) is 0.600. The lowest BCUT2D eigenvalue weighted by atomic mass is 10.1. The van der Waals surface area contributed by atoms with Gasteiger partial charge in [0.25, 0.3) is 5.91 Å². The molecule has 0 atom stereocenters. The van der Waals surface area contributed by atoms with Crippen LogP contribution in [0.15, 0.2) is 12.2 Å². The summed E-state index contributed by atoms with van der Waals surface area (Å²) in [7, 11) is 0. The number of carbonyl (C=O) groups is 2. The molecule has 0 unspecified atom stereocenters. The number of hydrogen-bond donors (Lipinski definition) is 0. The minimum Gasteiger partial charge on any atom is -0.447 e. The molecule has 1 aliphatic heterocycles. The number of rotatable bonds is 2. The smallest absolute Gasteiger partial charge is 0.417 e. The van der Waals surface area contributed by atoms with Crippen molar-refractivity contribution >= 4 is 12.0 Å². The van der Waals surface area contributed by atoms with E-state index in [2.05, 4.69) is 0 Å². The van der Waals surface area contributed by atoms with Crippen LogP contribution in [-0.2, 0) is 9.53 Å². The molecule has 0 saturated carbocycles. The SMILES string of the molecule is CC/C=C/C(=O)N1C(=O)OCC1(C)C. The number of amides is 2. The monoisotopic (exact) mass is 197 g/mol. The highest BCUT2D eigenvalue weighted by atomic mass is 16.6. The minimum absolute atomic E-state index is 0.261. The van der Waals surface area contributed by atoms with Crippen molar-refractivity contribution in [3.05, 3.63) is 12.2 Å². The Bertz CT molecular complexity index is 281. The molecule has 0 aromatic heterocycles. The second-order valence-electron chi connectivity index (χ2n) is 3.85. The maximum Gasteiger partial charge on any atom is 0.417 e. The van der Waals surface area contributed by atoms with Crippen LogP contribution < -0.4 is 0 Å². The van der Waals surface area contributed by atoms with Gasteiger partial charge in [-0.05, 0) is 26.3 Å². The quantitative estimate of drug-likeness (QED) is 0.633. The van der Waals surface area contributed by atoms with E-state index in [-0.39, 0.29) is 12.5 Å². The van der Waals surface area contributed by atoms with Gasteiger partial charge in [-0.25, -0.2) is 9.69 Å². The van der Waals surface area contributed by atoms with Gasteiger partial charge in [-0.15, -0.1) is 0 Å². The van der Waals surface area contributed by atoms with Crippen molar-refractivity contribution in [1.29, 1.82) is 0 Å². The lowest BCUT2D eigenvalue weighted by Gasteiger charge is -2.24. The van der Waals surface area contributed by atoms with Crippen LogP contribution in [-0.4, -0.2) is 29.0 Å². The normalized spacial score (nSPS) is 20.2. The van der Waals surface area contributed by atoms with E-state index >= 15 is 0 Å². The van der Waals surface area contributed by atoms with Crippen LogP contribution in [0.25, 0.3) is 0 Å². The van der Waals surface area contributed by atoms with E-state index in [1.165, 1.54) is 6.08 Å². The molecule has 14 heavy (non-hydrogen) atoms. The van der Waals surface area contributed by atoms with E-state index in [1.807, 2.05) is 6.92 Å². The first kappa shape index (κ1) is 10.8. The molecule has 0 aromatic carbocycles. The molecule has 2 amide bonds. The third kappa shape index (κ3) is 1.95. The van der Waals surface area contributed by atoms with E-state index in [4.69, 9.17) is 4.74 Å². The average Bonchev–Trinajstić information content (AvgIpc) is 2.37. The topological polar surface area (TPSA) is 46.6 Å². The molecule has 1 saturated heterocycles. The van der Waals surface area contributed by atoms with Crippen molar-refractivity contribution < 1.29 is 14.3 Å². The molecule has 0 aromatic rings. The number of ether oxygens (including phenoxy) is 1. The Labute approximate surface area is 83.5 Å². The van der Waals surface area contributed by atoms with Crippen LogP contribution in [0, 0.1) is 0 Å². The van der Waals surface area contributed by atoms with E-state index < -0.39 is 11.6 Å². The van der Waals surface area contributed by atoms with Crippen molar-refractivity contribution in [1.82, 2.24) is 4.90 Å². The van der Waals surface area contributed by atoms with Crippen LogP contribution in [0.1, 0.15) is 27.2 Å². The van der Waals surface area contributed by atoms with E-state index in [0.717, 1.165) is 11.3 Å². The summed E-state index contributed by atoms with van der Waals surface area (Å²) >= 11 is 0. The van der Waals surface area contributed by atoms with Crippen molar-refractivity contribution in [2.75, 3.05) is 6.61 Å². The third-order valence-electron chi connectivity index (χ3n) is 2.05. The third-order valence-corrected chi connectivity index (χ3v) is 2.05. The molecular formula is C10H15NO3. The molecule has 4 nitrogen and oxygen atoms in total. The molecule has 1 fully saturated rings. The highest BCUT2D eigenvalue weighted by Crippen LogP contribution is 2.23. The summed E-state index contributed by atoms with van der Waals surface area (Å²) in [6.07, 6.45) is 3.36. The Kier molecular flexibility index (Phi) is 2.93. The lowest BCUT2D eigenvalue weighted by molar-refractivity contribution is -0.125. The van der Waals surface area contributed by atoms with Crippen molar-refractivity contribution in [3.8, 4) is 0 Å². The Morgan fingerprint density at radius 1 is 1.64 bits per heavy atom. The second kappa shape index (κ2) is 3.82. The van der Waals surface area contributed by atoms with E-state index in [0.29, 0.717) is 0 Å². The van der Waals surface area contributed by atoms with E-state index in [1.54, 1.807) is 19.9 Å². The van der Waals surface area contributed by atoms with Crippen LogP contribution >= 0.6 is 0 Å². The number of cyclic esters (lactones) is 1. The zero-order valence-electron chi connectivity index (χ0n) is 8.74. The maximum atomic E-state index is 11.6. The lowest BCUT2D eigenvalue weighted by Crippen LogP contribution is -2.45. The van der Waals surface area contributed by atoms with Gasteiger partial charge < -0.3 is 4.74 Å². The summed E-state index contributed by atoms with van der Waals surface area (Å²) in [6.45, 7) is 5.79. The largest absolute Gasteiger partial charge is 0.447 e. The first-order chi connectivity index (χ1) is 6.49. The Morgan fingerprint density at radius 3 is 2.71 bits per heavy atom. The second-order valence-corrected chi connectivity index (χ2v) is 3.85. The number of carbonyl (C=O) groups excluding carboxylic acids is 2. The molecule has 4 heteroatoms. The van der Waals surface area contributed by atoms with Crippen molar-refractivity contribution in [2.24, 2.45) is 0 Å². The molecule has 0 radical (unpaired) electrons. The van der Waals surface area contributed by atoms with Gasteiger partial charge in [-0.3, -0.25) is 4.79 Å². The van der Waals surface area contributed by atoms with Gasteiger partial charge in [-0.1, -0.05) is 13.0 Å². The Hall–Kier alpha value is -1.32. The summed E-state index contributed by atoms with van der Waals surface area (Å²) in [6, 6.07) is 0. The zero-order chi connectivity index (χ0) is 10.8. The average molecular weight is 197 g/mol. The van der Waals surface area contributed by atoms with Gasteiger partial charge in [-0.2, -0.15) is 0 Å². The molecule has 1 heterocycles. The number of allylic oxidation sites excluding steroid dienone is 1. The van der Waals surface area contributed by atoms with Gasteiger partial charge in [0.15, 0.2) is 0 Å². The predicted octanol–water partition coefficient (Wildman–Crippen LogP) is 1.71. The highest BCUT2D eigenvalue weighted by Gasteiger charge is 2.43. The molecule has 1 rings (SSSR count). The molecular weight excluding hydrogens is 182 g/mol. The Balaban J connectivity index is 2.80. The number of hydrogen-bond acceptors (Lipinski definition) is 3. The zero-order valence-corrected chi connectivity index (χ0v) is 8.74. The van der Waals surface area contributed by atoms with Gasteiger partial charge in [0.05, 0.1) is 5.54 Å². The van der Waals surface area contributed by atoms with Crippen LogP contribution in [0.2, 0.25) is 0 Å². The van der Waals surface area contributed by atoms with Gasteiger partial charge >= 0.3 is 6.09 Å². The van der Waals surface area contributed by atoms with Gasteiger partial charge in [0, 0.05) is 0 Å². The van der Waals surface area contributed by atoms with Crippen LogP contribution in [0.5, 0.6) is 0 Å². The fourth-order valence-electron chi connectivity index (χ4n) is 1.30. The molecule has 0 N–H and O–H groups in total. The van der Waals surface area contributed by atoms with Crippen molar-refractivity contribution in [2.45, 2.75) is 32.7 Å². The standard InChI is InChI=1S/C10H15NO3/c1-4-5-6-8(12)11-9(13)14-7-10(11,2)3/h5-6H,4,7H2,1-3H3/b6-5+. The van der Waals surface area contributed by atoms with Gasteiger partial charge in [0.2, 0.25) is 0 Å². The predicted molar refractivity (Wildman–Crippen MR) is 51.7 cm³/mol. The van der Waals surface area contributed by atoms with Crippen molar-refractivity contribution in [3.63, 3.8) is 0 Å². The maximum absolute atomic E-state index is 11.6. The highest BCUT2D eigenvalue weighted by molar-refractivity contribution is 6.00. The molecule has 0 spiro atoms. The summed E-state index contributed by atoms with van der Waals surface area (Å²) in [5, 5.41) is 0. The summed E-state index contributed by atoms with van der Waals surface area (Å²) in [5.41, 5.74) is -0.535. The van der Waals surface area contributed by atoms with Crippen LogP contribution in [0.4, 0.5) is 4.79 Å². The number of nitrogens with zero attached hydrogens (tertiary/aromatic N) is 1. The molecule has 0 aliphatic carbocycles. The summed E-state index contributed by atoms with van der Waals surface area (Å²) in [4.78, 5) is 24.0. The number of imide groups is 1. The molecule has 0 bridgehead atoms. The minimum atomic E-state index is -0.555. The van der Waals surface area contributed by atoms with E-state index in [9.17, 15) is 9.59 Å². The summed E-state index contributed by atoms with van der Waals surface area (Å²) in [5.74, 6) is -0.306. The summed E-state index contributed by atoms with van der Waals surface area (Å²) < 4.78 is 4.81. The van der Waals surface area contributed by atoms with Crippen LogP contribution in [0.3, 0.4) is 0 Å². The molecule has 1 aliphatic rings.